The molecule has 6 nitrogen and oxygen atoms in total. The molecule has 0 atom stereocenters. The van der Waals surface area contributed by atoms with E-state index in [2.05, 4.69) is 12.2 Å². The second kappa shape index (κ2) is 11.4. The highest BCUT2D eigenvalue weighted by molar-refractivity contribution is 7.92. The van der Waals surface area contributed by atoms with Gasteiger partial charge in [0, 0.05) is 18.0 Å². The highest BCUT2D eigenvalue weighted by Gasteiger charge is 2.20. The zero-order valence-electron chi connectivity index (χ0n) is 17.0. The molecule has 0 unspecified atom stereocenters. The summed E-state index contributed by atoms with van der Waals surface area (Å²) in [5.74, 6) is 0.578. The van der Waals surface area contributed by atoms with Crippen molar-refractivity contribution in [2.24, 2.45) is 0 Å². The molecule has 0 aromatic heterocycles. The van der Waals surface area contributed by atoms with E-state index in [0.29, 0.717) is 30.3 Å². The van der Waals surface area contributed by atoms with E-state index in [4.69, 9.17) is 27.9 Å². The van der Waals surface area contributed by atoms with Gasteiger partial charge in [0.15, 0.2) is 0 Å². The SMILES string of the molecule is CCc1ccc(OCCNC(=O)CCCN(c2cc(Cl)ccc2Cl)S(C)(=O)=O)cc1. The Morgan fingerprint density at radius 1 is 1.13 bits per heavy atom. The molecule has 2 aromatic rings. The third-order valence-corrected chi connectivity index (χ3v) is 6.10. The van der Waals surface area contributed by atoms with Crippen LogP contribution in [0.25, 0.3) is 0 Å². The molecule has 1 amide bonds. The molecule has 0 spiro atoms. The van der Waals surface area contributed by atoms with Gasteiger partial charge in [-0.15, -0.1) is 0 Å². The van der Waals surface area contributed by atoms with E-state index >= 15 is 0 Å². The maximum atomic E-state index is 12.2. The molecule has 0 bridgehead atoms. The van der Waals surface area contributed by atoms with Crippen LogP contribution in [0.15, 0.2) is 42.5 Å². The Hall–Kier alpha value is -1.96. The van der Waals surface area contributed by atoms with Crippen LogP contribution in [0.1, 0.15) is 25.3 Å². The van der Waals surface area contributed by atoms with Crippen LogP contribution >= 0.6 is 23.2 Å². The maximum absolute atomic E-state index is 12.2. The Bertz CT molecular complexity index is 950. The van der Waals surface area contributed by atoms with Gasteiger partial charge in [0.1, 0.15) is 12.4 Å². The molecule has 2 aromatic carbocycles. The number of aryl methyl sites for hydroxylation is 1. The molecular formula is C21H26Cl2N2O4S. The number of benzene rings is 2. The number of hydrogen-bond donors (Lipinski definition) is 1. The molecule has 0 radical (unpaired) electrons. The van der Waals surface area contributed by atoms with Crippen molar-refractivity contribution in [3.63, 3.8) is 0 Å². The number of anilines is 1. The van der Waals surface area contributed by atoms with Gasteiger partial charge in [-0.1, -0.05) is 42.3 Å². The number of ether oxygens (including phenoxy) is 1. The lowest BCUT2D eigenvalue weighted by Crippen LogP contribution is -2.33. The molecule has 30 heavy (non-hydrogen) atoms. The van der Waals surface area contributed by atoms with Gasteiger partial charge < -0.3 is 10.1 Å². The first-order chi connectivity index (χ1) is 14.2. The number of carbonyl (C=O) groups excluding carboxylic acids is 1. The quantitative estimate of drug-likeness (QED) is 0.494. The molecule has 164 valence electrons. The summed E-state index contributed by atoms with van der Waals surface area (Å²) < 4.78 is 31.1. The summed E-state index contributed by atoms with van der Waals surface area (Å²) in [6, 6.07) is 12.4. The third-order valence-electron chi connectivity index (χ3n) is 4.37. The van der Waals surface area contributed by atoms with E-state index in [1.54, 1.807) is 12.1 Å². The number of nitrogens with zero attached hydrogens (tertiary/aromatic N) is 1. The van der Waals surface area contributed by atoms with Crippen LogP contribution in [-0.2, 0) is 21.2 Å². The minimum Gasteiger partial charge on any atom is -0.492 e. The number of carbonyl (C=O) groups is 1. The first-order valence-electron chi connectivity index (χ1n) is 9.62. The van der Waals surface area contributed by atoms with Gasteiger partial charge in [0.05, 0.1) is 23.5 Å². The van der Waals surface area contributed by atoms with E-state index in [9.17, 15) is 13.2 Å². The smallest absolute Gasteiger partial charge is 0.232 e. The molecule has 0 aliphatic heterocycles. The first kappa shape index (κ1) is 24.3. The average molecular weight is 473 g/mol. The zero-order chi connectivity index (χ0) is 22.1. The normalized spacial score (nSPS) is 11.2. The molecule has 0 saturated heterocycles. The molecule has 0 heterocycles. The molecule has 0 saturated carbocycles. The monoisotopic (exact) mass is 472 g/mol. The summed E-state index contributed by atoms with van der Waals surface area (Å²) in [6.45, 7) is 2.92. The summed E-state index contributed by atoms with van der Waals surface area (Å²) in [5.41, 5.74) is 1.53. The van der Waals surface area contributed by atoms with Crippen molar-refractivity contribution < 1.29 is 17.9 Å². The van der Waals surface area contributed by atoms with E-state index in [-0.39, 0.29) is 23.9 Å². The number of halogens is 2. The minimum absolute atomic E-state index is 0.118. The first-order valence-corrected chi connectivity index (χ1v) is 12.2. The van der Waals surface area contributed by atoms with Crippen LogP contribution in [0.3, 0.4) is 0 Å². The topological polar surface area (TPSA) is 75.7 Å². The van der Waals surface area contributed by atoms with E-state index in [1.807, 2.05) is 24.3 Å². The van der Waals surface area contributed by atoms with Gasteiger partial charge in [-0.3, -0.25) is 9.10 Å². The van der Waals surface area contributed by atoms with Crippen molar-refractivity contribution in [1.29, 1.82) is 0 Å². The Kier molecular flexibility index (Phi) is 9.27. The summed E-state index contributed by atoms with van der Waals surface area (Å²) in [4.78, 5) is 12.0. The number of rotatable bonds is 11. The maximum Gasteiger partial charge on any atom is 0.232 e. The van der Waals surface area contributed by atoms with Gasteiger partial charge in [-0.2, -0.15) is 0 Å². The van der Waals surface area contributed by atoms with Crippen LogP contribution in [-0.4, -0.2) is 40.3 Å². The van der Waals surface area contributed by atoms with Crippen molar-refractivity contribution in [1.82, 2.24) is 5.32 Å². The molecule has 1 N–H and O–H groups in total. The van der Waals surface area contributed by atoms with E-state index in [0.717, 1.165) is 22.7 Å². The third kappa shape index (κ3) is 7.70. The van der Waals surface area contributed by atoms with Crippen molar-refractivity contribution in [3.8, 4) is 5.75 Å². The van der Waals surface area contributed by atoms with Crippen LogP contribution < -0.4 is 14.4 Å². The van der Waals surface area contributed by atoms with E-state index < -0.39 is 10.0 Å². The van der Waals surface area contributed by atoms with Crippen LogP contribution in [0.5, 0.6) is 5.75 Å². The van der Waals surface area contributed by atoms with Gasteiger partial charge in [0.25, 0.3) is 0 Å². The molecule has 0 aliphatic carbocycles. The Labute approximate surface area is 188 Å². The molecule has 2 rings (SSSR count). The number of amides is 1. The van der Waals surface area contributed by atoms with Gasteiger partial charge in [0.2, 0.25) is 15.9 Å². The lowest BCUT2D eigenvalue weighted by molar-refractivity contribution is -0.121. The van der Waals surface area contributed by atoms with Crippen molar-refractivity contribution in [2.45, 2.75) is 26.2 Å². The molecule has 0 fully saturated rings. The van der Waals surface area contributed by atoms with Crippen molar-refractivity contribution >= 4 is 44.8 Å². The van der Waals surface area contributed by atoms with Gasteiger partial charge in [-0.05, 0) is 48.7 Å². The fourth-order valence-corrected chi connectivity index (χ4v) is 4.20. The lowest BCUT2D eigenvalue weighted by Gasteiger charge is -2.23. The lowest BCUT2D eigenvalue weighted by atomic mass is 10.2. The Morgan fingerprint density at radius 2 is 1.83 bits per heavy atom. The van der Waals surface area contributed by atoms with Crippen LogP contribution in [0.4, 0.5) is 5.69 Å². The predicted octanol–water partition coefficient (Wildman–Crippen LogP) is 4.30. The number of nitrogens with one attached hydrogen (secondary N) is 1. The standard InChI is InChI=1S/C21H26Cl2N2O4S/c1-3-16-6-9-18(10-7-16)29-14-12-24-21(26)5-4-13-25(30(2,27)28)20-15-17(22)8-11-19(20)23/h6-11,15H,3-5,12-14H2,1-2H3,(H,24,26). The number of sulfonamides is 1. The van der Waals surface area contributed by atoms with Gasteiger partial charge in [-0.25, -0.2) is 8.42 Å². The number of hydrogen-bond acceptors (Lipinski definition) is 4. The molecular weight excluding hydrogens is 447 g/mol. The minimum atomic E-state index is -3.57. The summed E-state index contributed by atoms with van der Waals surface area (Å²) in [5, 5.41) is 3.43. The summed E-state index contributed by atoms with van der Waals surface area (Å²) >= 11 is 12.1. The zero-order valence-corrected chi connectivity index (χ0v) is 19.4. The highest BCUT2D eigenvalue weighted by Crippen LogP contribution is 2.30. The largest absolute Gasteiger partial charge is 0.492 e. The second-order valence-corrected chi connectivity index (χ2v) is 9.48. The van der Waals surface area contributed by atoms with Crippen molar-refractivity contribution in [3.05, 3.63) is 58.1 Å². The average Bonchev–Trinajstić information content (AvgIpc) is 2.70. The Balaban J connectivity index is 1.78. The highest BCUT2D eigenvalue weighted by atomic mass is 35.5. The second-order valence-electron chi connectivity index (χ2n) is 6.73. The van der Waals surface area contributed by atoms with Gasteiger partial charge >= 0.3 is 0 Å². The molecule has 9 heteroatoms. The van der Waals surface area contributed by atoms with Crippen LogP contribution in [0, 0.1) is 0 Å². The van der Waals surface area contributed by atoms with E-state index in [1.165, 1.54) is 11.6 Å². The predicted molar refractivity (Wildman–Crippen MR) is 122 cm³/mol. The Morgan fingerprint density at radius 3 is 2.47 bits per heavy atom. The molecule has 0 aliphatic rings. The summed E-state index contributed by atoms with van der Waals surface area (Å²) in [6.07, 6.45) is 2.57. The summed E-state index contributed by atoms with van der Waals surface area (Å²) in [7, 11) is -3.57. The van der Waals surface area contributed by atoms with Crippen molar-refractivity contribution in [2.75, 3.05) is 30.3 Å². The fraction of sp³-hybridized carbons (Fsp3) is 0.381. The fourth-order valence-electron chi connectivity index (χ4n) is 2.79. The van der Waals surface area contributed by atoms with Crippen LogP contribution in [0.2, 0.25) is 10.0 Å².